The van der Waals surface area contributed by atoms with Gasteiger partial charge < -0.3 is 19.1 Å². The number of methoxy groups -OCH3 is 1. The lowest BCUT2D eigenvalue weighted by Crippen LogP contribution is -2.38. The van der Waals surface area contributed by atoms with Crippen LogP contribution >= 0.6 is 0 Å². The van der Waals surface area contributed by atoms with E-state index in [9.17, 15) is 4.79 Å². The Morgan fingerprint density at radius 3 is 2.78 bits per heavy atom. The minimum Gasteiger partial charge on any atom is -0.453 e. The molecular formula is C18H26N6O3. The van der Waals surface area contributed by atoms with Crippen molar-refractivity contribution in [2.75, 3.05) is 31.6 Å². The second-order valence-electron chi connectivity index (χ2n) is 7.49. The Morgan fingerprint density at radius 2 is 2.07 bits per heavy atom. The molecule has 9 nitrogen and oxygen atoms in total. The maximum Gasteiger partial charge on any atom is 0.409 e. The molecule has 1 saturated heterocycles. The molecule has 27 heavy (non-hydrogen) atoms. The van der Waals surface area contributed by atoms with Crippen LogP contribution in [0.25, 0.3) is 0 Å². The van der Waals surface area contributed by atoms with Crippen molar-refractivity contribution in [3.63, 3.8) is 0 Å². The van der Waals surface area contributed by atoms with Crippen LogP contribution in [0.2, 0.25) is 0 Å². The topological polar surface area (TPSA) is 89.5 Å². The summed E-state index contributed by atoms with van der Waals surface area (Å²) in [5, 5.41) is 8.73. The predicted octanol–water partition coefficient (Wildman–Crippen LogP) is 2.36. The van der Waals surface area contributed by atoms with Gasteiger partial charge in [0.1, 0.15) is 0 Å². The number of hydrogen-bond acceptors (Lipinski definition) is 7. The second-order valence-corrected chi connectivity index (χ2v) is 7.49. The second kappa shape index (κ2) is 7.21. The Balaban J connectivity index is 1.43. The highest BCUT2D eigenvalue weighted by molar-refractivity contribution is 5.67. The van der Waals surface area contributed by atoms with Gasteiger partial charge in [-0.15, -0.1) is 0 Å². The summed E-state index contributed by atoms with van der Waals surface area (Å²) in [5.74, 6) is 0.947. The van der Waals surface area contributed by atoms with Crippen LogP contribution in [0, 0.1) is 0 Å². The van der Waals surface area contributed by atoms with Crippen molar-refractivity contribution in [3.8, 4) is 0 Å². The van der Waals surface area contributed by atoms with E-state index in [0.717, 1.165) is 38.2 Å². The normalized spacial score (nSPS) is 18.1. The zero-order valence-corrected chi connectivity index (χ0v) is 16.1. The average molecular weight is 374 g/mol. The summed E-state index contributed by atoms with van der Waals surface area (Å²) in [6.07, 6.45) is 4.27. The van der Waals surface area contributed by atoms with Gasteiger partial charge in [-0.2, -0.15) is 10.1 Å². The number of hydrogen-bond donors (Lipinski definition) is 0. The van der Waals surface area contributed by atoms with Crippen molar-refractivity contribution in [1.82, 2.24) is 24.8 Å². The summed E-state index contributed by atoms with van der Waals surface area (Å²) in [7, 11) is 1.41. The number of nitrogens with zero attached hydrogens (tertiary/aromatic N) is 6. The third kappa shape index (κ3) is 3.38. The fraction of sp³-hybridized carbons (Fsp3) is 0.667. The Bertz CT molecular complexity index is 806. The molecule has 0 N–H and O–H groups in total. The molecule has 2 aromatic heterocycles. The molecule has 4 rings (SSSR count). The molecule has 1 amide bonds. The third-order valence-corrected chi connectivity index (χ3v) is 5.46. The quantitative estimate of drug-likeness (QED) is 0.814. The molecule has 9 heteroatoms. The number of carbonyl (C=O) groups is 1. The van der Waals surface area contributed by atoms with E-state index in [1.54, 1.807) is 4.90 Å². The molecule has 1 fully saturated rings. The minimum atomic E-state index is -0.270. The average Bonchev–Trinajstić information content (AvgIpc) is 3.34. The molecule has 0 radical (unpaired) electrons. The van der Waals surface area contributed by atoms with E-state index < -0.39 is 0 Å². The van der Waals surface area contributed by atoms with Gasteiger partial charge in [0.25, 0.3) is 0 Å². The van der Waals surface area contributed by atoms with Gasteiger partial charge in [-0.25, -0.2) is 4.79 Å². The molecular weight excluding hydrogens is 348 g/mol. The zero-order chi connectivity index (χ0) is 19.0. The van der Waals surface area contributed by atoms with Crippen molar-refractivity contribution < 1.29 is 14.1 Å². The predicted molar refractivity (Wildman–Crippen MR) is 97.6 cm³/mol. The van der Waals surface area contributed by atoms with Crippen LogP contribution in [-0.4, -0.2) is 57.7 Å². The van der Waals surface area contributed by atoms with Gasteiger partial charge in [-0.3, -0.25) is 4.68 Å². The SMILES string of the molecule is COC(=O)N1CCC(c2noc(N3CCc4cnn(C(C)C)c4C3)n2)CC1. The number of rotatable bonds is 3. The van der Waals surface area contributed by atoms with E-state index >= 15 is 0 Å². The minimum absolute atomic E-state index is 0.213. The Morgan fingerprint density at radius 1 is 1.30 bits per heavy atom. The molecule has 0 aromatic carbocycles. The molecule has 146 valence electrons. The van der Waals surface area contributed by atoms with Crippen LogP contribution in [-0.2, 0) is 17.7 Å². The van der Waals surface area contributed by atoms with Crippen molar-refractivity contribution in [2.24, 2.45) is 0 Å². The van der Waals surface area contributed by atoms with E-state index in [1.807, 2.05) is 6.20 Å². The van der Waals surface area contributed by atoms with E-state index in [0.29, 0.717) is 25.1 Å². The van der Waals surface area contributed by atoms with Crippen molar-refractivity contribution in [3.05, 3.63) is 23.3 Å². The molecule has 0 unspecified atom stereocenters. The number of ether oxygens (including phenoxy) is 1. The lowest BCUT2D eigenvalue weighted by Gasteiger charge is -2.29. The number of carbonyl (C=O) groups excluding carboxylic acids is 1. The number of fused-ring (bicyclic) bond motifs is 1. The van der Waals surface area contributed by atoms with E-state index in [2.05, 4.69) is 38.7 Å². The van der Waals surface area contributed by atoms with Crippen LogP contribution in [0.3, 0.4) is 0 Å². The molecule has 0 spiro atoms. The van der Waals surface area contributed by atoms with Gasteiger partial charge >= 0.3 is 12.1 Å². The highest BCUT2D eigenvalue weighted by Gasteiger charge is 2.29. The standard InChI is InChI=1S/C18H26N6O3/c1-12(2)24-15-11-23(9-6-14(15)10-19-24)17-20-16(21-27-17)13-4-7-22(8-5-13)18(25)26-3/h10,12-13H,4-9,11H2,1-3H3. The summed E-state index contributed by atoms with van der Waals surface area (Å²) < 4.78 is 12.4. The van der Waals surface area contributed by atoms with Gasteiger partial charge in [0, 0.05) is 31.6 Å². The van der Waals surface area contributed by atoms with Crippen LogP contribution in [0.15, 0.2) is 10.7 Å². The first-order valence-corrected chi connectivity index (χ1v) is 9.53. The molecule has 2 aliphatic rings. The highest BCUT2D eigenvalue weighted by Crippen LogP contribution is 2.29. The molecule has 0 bridgehead atoms. The number of piperidine rings is 1. The van der Waals surface area contributed by atoms with Crippen LogP contribution < -0.4 is 4.90 Å². The largest absolute Gasteiger partial charge is 0.453 e. The summed E-state index contributed by atoms with van der Waals surface area (Å²) in [6.45, 7) is 7.16. The van der Waals surface area contributed by atoms with Crippen LogP contribution in [0.4, 0.5) is 10.8 Å². The van der Waals surface area contributed by atoms with E-state index in [4.69, 9.17) is 9.26 Å². The van der Waals surface area contributed by atoms with Gasteiger partial charge in [0.05, 0.1) is 25.5 Å². The fourth-order valence-corrected chi connectivity index (χ4v) is 3.90. The molecule has 0 saturated carbocycles. The Hall–Kier alpha value is -2.58. The summed E-state index contributed by atoms with van der Waals surface area (Å²) in [4.78, 5) is 20.1. The van der Waals surface area contributed by atoms with E-state index in [-0.39, 0.29) is 12.0 Å². The molecule has 2 aromatic rings. The maximum absolute atomic E-state index is 11.6. The van der Waals surface area contributed by atoms with Crippen molar-refractivity contribution in [1.29, 1.82) is 0 Å². The van der Waals surface area contributed by atoms with E-state index in [1.165, 1.54) is 18.4 Å². The Kier molecular flexibility index (Phi) is 4.75. The first-order valence-electron chi connectivity index (χ1n) is 9.53. The van der Waals surface area contributed by atoms with Crippen LogP contribution in [0.1, 0.15) is 55.7 Å². The zero-order valence-electron chi connectivity index (χ0n) is 16.1. The van der Waals surface area contributed by atoms with Gasteiger partial charge in [0.15, 0.2) is 5.82 Å². The highest BCUT2D eigenvalue weighted by atomic mass is 16.5. The third-order valence-electron chi connectivity index (χ3n) is 5.46. The Labute approximate surface area is 158 Å². The summed E-state index contributed by atoms with van der Waals surface area (Å²) in [5.41, 5.74) is 2.53. The molecule has 0 atom stereocenters. The van der Waals surface area contributed by atoms with Crippen molar-refractivity contribution >= 4 is 12.1 Å². The number of likely N-dealkylation sites (tertiary alicyclic amines) is 1. The first kappa shape index (κ1) is 17.8. The van der Waals surface area contributed by atoms with Gasteiger partial charge in [0.2, 0.25) is 0 Å². The monoisotopic (exact) mass is 374 g/mol. The lowest BCUT2D eigenvalue weighted by atomic mass is 9.96. The smallest absolute Gasteiger partial charge is 0.409 e. The number of aromatic nitrogens is 4. The number of anilines is 1. The van der Waals surface area contributed by atoms with Gasteiger partial charge in [-0.1, -0.05) is 5.16 Å². The summed E-state index contributed by atoms with van der Waals surface area (Å²) in [6, 6.07) is 0.898. The maximum atomic E-state index is 11.6. The van der Waals surface area contributed by atoms with Gasteiger partial charge in [-0.05, 0) is 38.7 Å². The van der Waals surface area contributed by atoms with Crippen LogP contribution in [0.5, 0.6) is 0 Å². The fourth-order valence-electron chi connectivity index (χ4n) is 3.90. The van der Waals surface area contributed by atoms with Crippen molar-refractivity contribution in [2.45, 2.75) is 51.6 Å². The lowest BCUT2D eigenvalue weighted by molar-refractivity contribution is 0.111. The summed E-state index contributed by atoms with van der Waals surface area (Å²) >= 11 is 0. The molecule has 4 heterocycles. The molecule has 0 aliphatic carbocycles. The molecule has 2 aliphatic heterocycles. The number of amides is 1. The first-order chi connectivity index (χ1) is 13.1.